The average Bonchev–Trinajstić information content (AvgIpc) is 3.27. The van der Waals surface area contributed by atoms with Crippen molar-refractivity contribution in [3.63, 3.8) is 0 Å². The van der Waals surface area contributed by atoms with Gasteiger partial charge in [0.2, 0.25) is 5.75 Å². The number of nitrogens with one attached hydrogen (secondary N) is 1. The van der Waals surface area contributed by atoms with Crippen molar-refractivity contribution in [2.24, 2.45) is 0 Å². The number of carbonyl (C=O) groups excluding carboxylic acids is 3. The van der Waals surface area contributed by atoms with Crippen molar-refractivity contribution >= 4 is 17.7 Å². The number of fused-ring (bicyclic) bond motifs is 2. The van der Waals surface area contributed by atoms with Crippen LogP contribution in [0.2, 0.25) is 0 Å². The Hall–Kier alpha value is -3.90. The number of likely N-dealkylation sites (tertiary alicyclic amines) is 1. The molecule has 1 saturated carbocycles. The van der Waals surface area contributed by atoms with Crippen LogP contribution in [0.5, 0.6) is 5.75 Å². The molecule has 0 unspecified atom stereocenters. The molecule has 4 aliphatic rings. The maximum Gasteiger partial charge on any atom is 0.312 e. The number of nitrogens with zero attached hydrogens (tertiary/aromatic N) is 4. The van der Waals surface area contributed by atoms with Crippen molar-refractivity contribution in [1.29, 1.82) is 0 Å². The second kappa shape index (κ2) is 9.93. The third kappa shape index (κ3) is 4.60. The normalized spacial score (nSPS) is 25.3. The van der Waals surface area contributed by atoms with Crippen molar-refractivity contribution in [2.75, 3.05) is 20.1 Å². The first kappa shape index (κ1) is 27.7. The molecule has 3 amide bonds. The van der Waals surface area contributed by atoms with E-state index in [9.17, 15) is 33.1 Å². The topological polar surface area (TPSA) is 125 Å². The molecule has 214 valence electrons. The third-order valence-electron chi connectivity index (χ3n) is 8.41. The number of aromatic nitrogens is 2. The molecule has 1 aromatic heterocycles. The van der Waals surface area contributed by atoms with Crippen LogP contribution in [-0.4, -0.2) is 74.2 Å². The van der Waals surface area contributed by atoms with Gasteiger partial charge >= 0.3 is 11.8 Å². The van der Waals surface area contributed by atoms with Gasteiger partial charge < -0.3 is 20.2 Å². The molecular formula is C27H30F3N5O5. The number of aromatic hydroxyl groups is 1. The van der Waals surface area contributed by atoms with Crippen LogP contribution in [0.3, 0.4) is 0 Å². The quantitative estimate of drug-likeness (QED) is 0.549. The SMILES string of the molecule is Cc1cc(CNC(=O)c2nc3n(c(=O)c2O)CC2(F)CCC3(N(C)C(=O)C(=O)N3CC[C@@H](F)C3)CC2)ccc1F. The molecule has 1 aromatic carbocycles. The van der Waals surface area contributed by atoms with Gasteiger partial charge in [-0.2, -0.15) is 0 Å². The smallest absolute Gasteiger partial charge is 0.312 e. The van der Waals surface area contributed by atoms with Crippen molar-refractivity contribution in [1.82, 2.24) is 24.7 Å². The number of rotatable bonds is 4. The zero-order valence-corrected chi connectivity index (χ0v) is 22.2. The van der Waals surface area contributed by atoms with Gasteiger partial charge in [-0.1, -0.05) is 12.1 Å². The summed E-state index contributed by atoms with van der Waals surface area (Å²) in [6.07, 6.45) is -1.19. The Bertz CT molecular complexity index is 1450. The molecule has 13 heteroatoms. The Morgan fingerprint density at radius 1 is 1.23 bits per heavy atom. The second-order valence-corrected chi connectivity index (χ2v) is 11.0. The van der Waals surface area contributed by atoms with E-state index in [-0.39, 0.29) is 57.6 Å². The molecule has 2 aromatic rings. The summed E-state index contributed by atoms with van der Waals surface area (Å²) in [5.74, 6) is -4.28. The molecule has 2 bridgehead atoms. The summed E-state index contributed by atoms with van der Waals surface area (Å²) in [7, 11) is 1.35. The summed E-state index contributed by atoms with van der Waals surface area (Å²) in [5.41, 5.74) is -3.97. The van der Waals surface area contributed by atoms with Crippen LogP contribution in [0.25, 0.3) is 0 Å². The summed E-state index contributed by atoms with van der Waals surface area (Å²) in [6.45, 7) is 0.942. The molecule has 6 rings (SSSR count). The van der Waals surface area contributed by atoms with Crippen LogP contribution in [-0.2, 0) is 28.2 Å². The first-order valence-electron chi connectivity index (χ1n) is 13.1. The first-order valence-corrected chi connectivity index (χ1v) is 13.1. The molecule has 4 heterocycles. The highest BCUT2D eigenvalue weighted by Crippen LogP contribution is 2.49. The highest BCUT2D eigenvalue weighted by molar-refractivity contribution is 6.35. The molecule has 3 aliphatic heterocycles. The minimum absolute atomic E-state index is 0.0118. The van der Waals surface area contributed by atoms with Crippen LogP contribution in [0.4, 0.5) is 13.2 Å². The fourth-order valence-electron chi connectivity index (χ4n) is 5.92. The van der Waals surface area contributed by atoms with E-state index in [0.717, 1.165) is 14.4 Å². The summed E-state index contributed by atoms with van der Waals surface area (Å²) < 4.78 is 44.0. The lowest BCUT2D eigenvalue weighted by atomic mass is 9.75. The predicted octanol–water partition coefficient (Wildman–Crippen LogP) is 1.85. The standard InChI is InChI=1S/C27H30F3N5O5/c1-15-11-16(3-4-18(15)29)12-31-21(37)19-20(36)22(38)35-14-26(30)6-8-27(9-7-26,25(35)32-19)33(2)23(39)24(40)34-10-5-17(28)13-34/h3-4,11,17,36H,5-10,12-14H2,1-2H3,(H,31,37)/t17-,26?,27?/m1/s1. The maximum atomic E-state index is 15.7. The lowest BCUT2D eigenvalue weighted by Gasteiger charge is -2.44. The monoisotopic (exact) mass is 561 g/mol. The number of likely N-dealkylation sites (N-methyl/N-ethyl adjacent to an activating group) is 1. The number of hydrogen-bond donors (Lipinski definition) is 2. The van der Waals surface area contributed by atoms with E-state index in [1.165, 1.54) is 25.2 Å². The second-order valence-electron chi connectivity index (χ2n) is 11.0. The van der Waals surface area contributed by atoms with Crippen molar-refractivity contribution in [3.05, 3.63) is 57.0 Å². The molecule has 1 atom stereocenters. The van der Waals surface area contributed by atoms with E-state index >= 15 is 4.39 Å². The van der Waals surface area contributed by atoms with Crippen molar-refractivity contribution in [3.8, 4) is 5.75 Å². The number of halogens is 3. The molecule has 2 N–H and O–H groups in total. The number of hydrogen-bond acceptors (Lipinski definition) is 6. The molecule has 2 fully saturated rings. The van der Waals surface area contributed by atoms with Gasteiger partial charge in [0.1, 0.15) is 29.0 Å². The molecule has 0 radical (unpaired) electrons. The van der Waals surface area contributed by atoms with Gasteiger partial charge in [-0.05, 0) is 56.2 Å². The van der Waals surface area contributed by atoms with Gasteiger partial charge in [-0.15, -0.1) is 0 Å². The number of aryl methyl sites for hydroxylation is 1. The number of amides is 3. The van der Waals surface area contributed by atoms with Crippen molar-refractivity contribution < 1.29 is 32.7 Å². The Balaban J connectivity index is 1.51. The number of carbonyl (C=O) groups is 3. The highest BCUT2D eigenvalue weighted by atomic mass is 19.1. The van der Waals surface area contributed by atoms with Crippen molar-refractivity contribution in [2.45, 2.75) is 69.5 Å². The zero-order valence-electron chi connectivity index (χ0n) is 22.2. The van der Waals surface area contributed by atoms with Gasteiger partial charge in [0.15, 0.2) is 5.69 Å². The zero-order chi connectivity index (χ0) is 29.0. The minimum atomic E-state index is -1.82. The fourth-order valence-corrected chi connectivity index (χ4v) is 5.92. The minimum Gasteiger partial charge on any atom is -0.501 e. The summed E-state index contributed by atoms with van der Waals surface area (Å²) >= 11 is 0. The van der Waals surface area contributed by atoms with Crippen LogP contribution >= 0.6 is 0 Å². The van der Waals surface area contributed by atoms with E-state index in [1.807, 2.05) is 0 Å². The van der Waals surface area contributed by atoms with Gasteiger partial charge in [0, 0.05) is 20.1 Å². The Labute approximate surface area is 227 Å². The first-order chi connectivity index (χ1) is 18.8. The molecule has 40 heavy (non-hydrogen) atoms. The fraction of sp³-hybridized carbons (Fsp3) is 0.519. The van der Waals surface area contributed by atoms with E-state index in [1.54, 1.807) is 6.92 Å². The average molecular weight is 562 g/mol. The Morgan fingerprint density at radius 2 is 1.93 bits per heavy atom. The summed E-state index contributed by atoms with van der Waals surface area (Å²) in [6, 6.07) is 4.25. The lowest BCUT2D eigenvalue weighted by Crippen LogP contribution is -2.55. The van der Waals surface area contributed by atoms with E-state index in [4.69, 9.17) is 0 Å². The Kier molecular flexibility index (Phi) is 6.87. The van der Waals surface area contributed by atoms with Crippen LogP contribution in [0, 0.1) is 12.7 Å². The number of benzene rings is 1. The van der Waals surface area contributed by atoms with Crippen LogP contribution < -0.4 is 10.9 Å². The number of alkyl halides is 2. The molecular weight excluding hydrogens is 531 g/mol. The molecule has 1 aliphatic carbocycles. The van der Waals surface area contributed by atoms with E-state index in [0.29, 0.717) is 11.1 Å². The van der Waals surface area contributed by atoms with Gasteiger partial charge in [0.05, 0.1) is 13.1 Å². The maximum absolute atomic E-state index is 15.7. The van der Waals surface area contributed by atoms with Gasteiger partial charge in [-0.3, -0.25) is 23.7 Å². The third-order valence-corrected chi connectivity index (χ3v) is 8.41. The molecule has 0 spiro atoms. The predicted molar refractivity (Wildman–Crippen MR) is 135 cm³/mol. The van der Waals surface area contributed by atoms with Crippen LogP contribution in [0.1, 0.15) is 59.5 Å². The lowest BCUT2D eigenvalue weighted by molar-refractivity contribution is -0.156. The highest BCUT2D eigenvalue weighted by Gasteiger charge is 2.55. The van der Waals surface area contributed by atoms with Crippen LogP contribution in [0.15, 0.2) is 23.0 Å². The molecule has 1 saturated heterocycles. The largest absolute Gasteiger partial charge is 0.501 e. The van der Waals surface area contributed by atoms with Gasteiger partial charge in [0.25, 0.3) is 11.5 Å². The summed E-state index contributed by atoms with van der Waals surface area (Å²) in [4.78, 5) is 59.2. The Morgan fingerprint density at radius 3 is 2.55 bits per heavy atom. The van der Waals surface area contributed by atoms with Gasteiger partial charge in [-0.25, -0.2) is 18.2 Å². The van der Waals surface area contributed by atoms with E-state index < -0.39 is 64.5 Å². The summed E-state index contributed by atoms with van der Waals surface area (Å²) in [5, 5.41) is 13.2. The molecule has 10 nitrogen and oxygen atoms in total. The van der Waals surface area contributed by atoms with E-state index in [2.05, 4.69) is 10.3 Å².